The summed E-state index contributed by atoms with van der Waals surface area (Å²) in [6, 6.07) is 41.0. The minimum atomic E-state index is -0.504. The van der Waals surface area contributed by atoms with Gasteiger partial charge in [-0.3, -0.25) is 0 Å². The smallest absolute Gasteiger partial charge is 0.166 e. The van der Waals surface area contributed by atoms with Crippen LogP contribution in [0.5, 0.6) is 0 Å². The maximum absolute atomic E-state index is 9.18. The third-order valence-corrected chi connectivity index (χ3v) is 12.9. The summed E-state index contributed by atoms with van der Waals surface area (Å²) in [5, 5.41) is 4.67. The van der Waals surface area contributed by atoms with Crippen molar-refractivity contribution >= 4 is 84.8 Å². The zero-order chi connectivity index (χ0) is 44.4. The molecule has 12 aromatic rings. The summed E-state index contributed by atoms with van der Waals surface area (Å²) in [6.07, 6.45) is 0. The quantitative estimate of drug-likeness (QED) is 0.175. The van der Waals surface area contributed by atoms with E-state index in [0.717, 1.165) is 42.4 Å². The molecule has 0 aliphatic rings. The molecule has 57 heavy (non-hydrogen) atoms. The van der Waals surface area contributed by atoms with Crippen molar-refractivity contribution in [3.63, 3.8) is 0 Å². The van der Waals surface area contributed by atoms with Crippen LogP contribution >= 0.6 is 22.7 Å². The Kier molecular flexibility index (Phi) is 5.66. The lowest BCUT2D eigenvalue weighted by molar-refractivity contribution is 1.06. The Bertz CT molecular complexity index is 3950. The molecule has 0 aliphatic carbocycles. The van der Waals surface area contributed by atoms with Crippen molar-refractivity contribution in [1.82, 2.24) is 19.5 Å². The van der Waals surface area contributed by atoms with Gasteiger partial charge in [0.15, 0.2) is 17.5 Å². The molecule has 0 fully saturated rings. The third-order valence-electron chi connectivity index (χ3n) is 10.5. The van der Waals surface area contributed by atoms with Crippen molar-refractivity contribution in [3.8, 4) is 51.0 Å². The first kappa shape index (κ1) is 25.2. The second-order valence-electron chi connectivity index (χ2n) is 13.8. The van der Waals surface area contributed by atoms with E-state index in [1.54, 1.807) is 40.9 Å². The molecule has 4 nitrogen and oxygen atoms in total. The molecule has 0 atom stereocenters. The van der Waals surface area contributed by atoms with Gasteiger partial charge in [-0.25, -0.2) is 15.0 Å². The molecule has 0 bridgehead atoms. The lowest BCUT2D eigenvalue weighted by Gasteiger charge is -2.15. The maximum Gasteiger partial charge on any atom is 0.166 e. The van der Waals surface area contributed by atoms with E-state index in [0.29, 0.717) is 22.9 Å². The van der Waals surface area contributed by atoms with Gasteiger partial charge in [-0.1, -0.05) is 133 Å². The zero-order valence-electron chi connectivity index (χ0n) is 37.8. The number of nitrogens with zero attached hydrogens (tertiary/aromatic N) is 4. The highest BCUT2D eigenvalue weighted by Gasteiger charge is 2.20. The van der Waals surface area contributed by atoms with E-state index in [1.807, 2.05) is 36.4 Å². The summed E-state index contributed by atoms with van der Waals surface area (Å²) in [5.74, 6) is 1.06. The number of hydrogen-bond acceptors (Lipinski definition) is 5. The molecule has 0 radical (unpaired) electrons. The number of para-hydroxylation sites is 3. The van der Waals surface area contributed by atoms with Gasteiger partial charge in [-0.15, -0.1) is 22.7 Å². The maximum atomic E-state index is 9.18. The first-order valence-corrected chi connectivity index (χ1v) is 20.0. The minimum Gasteiger partial charge on any atom is -0.309 e. The molecule has 266 valence electrons. The Morgan fingerprint density at radius 2 is 0.965 bits per heavy atom. The van der Waals surface area contributed by atoms with E-state index in [9.17, 15) is 2.74 Å². The van der Waals surface area contributed by atoms with Crippen LogP contribution in [0.3, 0.4) is 0 Å². The molecule has 0 aliphatic heterocycles. The molecule has 4 heterocycles. The molecular weight excluding hydrogens is 733 g/mol. The molecule has 0 saturated heterocycles. The van der Waals surface area contributed by atoms with E-state index < -0.39 is 36.3 Å². The number of aromatic nitrogens is 4. The topological polar surface area (TPSA) is 43.6 Å². The molecule has 0 amide bonds. The fourth-order valence-corrected chi connectivity index (χ4v) is 10.3. The normalized spacial score (nSPS) is 13.8. The summed E-state index contributed by atoms with van der Waals surface area (Å²) in [6.45, 7) is 0. The Hall–Kier alpha value is -6.99. The summed E-state index contributed by atoms with van der Waals surface area (Å²) >= 11 is 3.45. The number of benzene rings is 8. The molecule has 4 aromatic heterocycles. The van der Waals surface area contributed by atoms with Crippen molar-refractivity contribution in [2.45, 2.75) is 0 Å². The monoisotopic (exact) mass is 770 g/mol. The molecule has 12 rings (SSSR count). The van der Waals surface area contributed by atoms with E-state index in [1.165, 1.54) is 24.7 Å². The van der Waals surface area contributed by atoms with Crippen LogP contribution in [-0.2, 0) is 0 Å². The van der Waals surface area contributed by atoms with E-state index in [-0.39, 0.29) is 39.7 Å². The minimum absolute atomic E-state index is 0.00747. The Morgan fingerprint density at radius 1 is 0.404 bits per heavy atom. The first-order chi connectivity index (χ1) is 31.6. The lowest BCUT2D eigenvalue weighted by atomic mass is 10.0. The number of rotatable bonds is 5. The molecule has 6 heteroatoms. The van der Waals surface area contributed by atoms with Crippen molar-refractivity contribution in [3.05, 3.63) is 182 Å². The van der Waals surface area contributed by atoms with Gasteiger partial charge in [0.1, 0.15) is 0 Å². The predicted molar refractivity (Wildman–Crippen MR) is 242 cm³/mol. The molecule has 0 unspecified atom stereocenters. The third kappa shape index (κ3) is 5.15. The SMILES string of the molecule is [2H]c1c([2H])c([2H])c2c(c1[2H])c1c([2H])c([2H])c([2H])c([2H])c1n2-c1ccccc1-c1nc(-c2cccc(-c3cccc4c3sc3ccccc34)c2)nc(-c2ccc3c(c2)sc2ccccc23)n1. The van der Waals surface area contributed by atoms with Gasteiger partial charge in [-0.2, -0.15) is 0 Å². The Balaban J connectivity index is 1.13. The van der Waals surface area contributed by atoms with Gasteiger partial charge >= 0.3 is 0 Å². The summed E-state index contributed by atoms with van der Waals surface area (Å²) < 4.78 is 77.0. The zero-order valence-corrected chi connectivity index (χ0v) is 31.4. The van der Waals surface area contributed by atoms with Crippen LogP contribution in [0.4, 0.5) is 0 Å². The van der Waals surface area contributed by atoms with Gasteiger partial charge in [0.25, 0.3) is 0 Å². The van der Waals surface area contributed by atoms with Crippen LogP contribution in [0.1, 0.15) is 11.0 Å². The number of fused-ring (bicyclic) bond motifs is 9. The summed E-state index contributed by atoms with van der Waals surface area (Å²) in [5.41, 5.74) is 4.41. The predicted octanol–water partition coefficient (Wildman–Crippen LogP) is 14.4. The van der Waals surface area contributed by atoms with Crippen LogP contribution in [0, 0.1) is 0 Å². The second-order valence-corrected chi connectivity index (χ2v) is 15.9. The van der Waals surface area contributed by atoms with Gasteiger partial charge in [-0.05, 0) is 59.6 Å². The summed E-state index contributed by atoms with van der Waals surface area (Å²) in [7, 11) is 0. The highest BCUT2D eigenvalue weighted by atomic mass is 32.1. The van der Waals surface area contributed by atoms with E-state index in [2.05, 4.69) is 78.9 Å². The second kappa shape index (κ2) is 12.8. The average molecular weight is 771 g/mol. The van der Waals surface area contributed by atoms with Crippen LogP contribution in [0.25, 0.3) is 113 Å². The van der Waals surface area contributed by atoms with E-state index in [4.69, 9.17) is 23.2 Å². The van der Waals surface area contributed by atoms with Gasteiger partial charge in [0.05, 0.1) is 27.7 Å². The molecular formula is C51H30N4S2. The van der Waals surface area contributed by atoms with Crippen LogP contribution < -0.4 is 0 Å². The highest BCUT2D eigenvalue weighted by Crippen LogP contribution is 2.42. The largest absolute Gasteiger partial charge is 0.309 e. The van der Waals surface area contributed by atoms with Gasteiger partial charge in [0.2, 0.25) is 0 Å². The van der Waals surface area contributed by atoms with Gasteiger partial charge in [0, 0.05) is 67.8 Å². The Morgan fingerprint density at radius 3 is 1.75 bits per heavy atom. The number of hydrogen-bond donors (Lipinski definition) is 0. The highest BCUT2D eigenvalue weighted by molar-refractivity contribution is 7.26. The van der Waals surface area contributed by atoms with Crippen molar-refractivity contribution in [1.29, 1.82) is 0 Å². The fourth-order valence-electron chi connectivity index (χ4n) is 7.94. The fraction of sp³-hybridized carbons (Fsp3) is 0. The summed E-state index contributed by atoms with van der Waals surface area (Å²) in [4.78, 5) is 15.5. The Labute approximate surface area is 346 Å². The van der Waals surface area contributed by atoms with Crippen LogP contribution in [-0.4, -0.2) is 19.5 Å². The van der Waals surface area contributed by atoms with Crippen molar-refractivity contribution in [2.24, 2.45) is 0 Å². The molecule has 8 aromatic carbocycles. The molecule has 0 saturated carbocycles. The van der Waals surface area contributed by atoms with E-state index >= 15 is 0 Å². The van der Waals surface area contributed by atoms with Crippen molar-refractivity contribution < 1.29 is 11.0 Å². The number of thiophene rings is 2. The standard InChI is InChI=1S/C51H30N4S2/c1-6-22-42-35(15-1)36-16-2-7-23-43(36)55(42)44-24-8-3-19-41(44)51-53-49(52-50(54-51)33-27-28-39-37-17-4-9-25-45(37)56-47(39)30-33)32-14-11-13-31(29-32)34-20-12-21-40-38-18-5-10-26-46(38)57-48(34)40/h1-30H/i1D,2D,6D,7D,15D,16D,22D,23D. The lowest BCUT2D eigenvalue weighted by Crippen LogP contribution is -2.03. The van der Waals surface area contributed by atoms with Crippen LogP contribution in [0.2, 0.25) is 0 Å². The first-order valence-electron chi connectivity index (χ1n) is 22.4. The van der Waals surface area contributed by atoms with Crippen molar-refractivity contribution in [2.75, 3.05) is 0 Å². The molecule has 0 spiro atoms. The van der Waals surface area contributed by atoms with Crippen LogP contribution in [0.15, 0.2) is 182 Å². The average Bonchev–Trinajstić information content (AvgIpc) is 4.04. The van der Waals surface area contributed by atoms with Gasteiger partial charge < -0.3 is 4.57 Å². The molecule has 0 N–H and O–H groups in total.